The summed E-state index contributed by atoms with van der Waals surface area (Å²) in [5, 5.41) is 2.11. The van der Waals surface area contributed by atoms with Gasteiger partial charge in [0.05, 0.1) is 16.5 Å². The van der Waals surface area contributed by atoms with Crippen molar-refractivity contribution in [1.29, 1.82) is 0 Å². The largest absolute Gasteiger partial charge is 0.333 e. The number of amides is 2. The lowest BCUT2D eigenvalue weighted by Crippen LogP contribution is -2.36. The maximum absolute atomic E-state index is 12.3. The Hall–Kier alpha value is -3.51. The smallest absolute Gasteiger partial charge is 0.265 e. The first-order valence-electron chi connectivity index (χ1n) is 15.5. The van der Waals surface area contributed by atoms with E-state index in [-0.39, 0.29) is 23.0 Å². The number of nitrogens with zero attached hydrogens (tertiary/aromatic N) is 3. The molecular weight excluding hydrogens is 639 g/mol. The Bertz CT molecular complexity index is 1900. The van der Waals surface area contributed by atoms with Crippen LogP contribution in [0.25, 0.3) is 16.3 Å². The van der Waals surface area contributed by atoms with E-state index < -0.39 is 10.1 Å². The molecule has 6 rings (SSSR count). The first-order valence-corrected chi connectivity index (χ1v) is 18.7. The van der Waals surface area contributed by atoms with E-state index >= 15 is 0 Å². The van der Waals surface area contributed by atoms with Gasteiger partial charge in [0, 0.05) is 49.4 Å². The predicted molar refractivity (Wildman–Crippen MR) is 185 cm³/mol. The first-order chi connectivity index (χ1) is 22.0. The molecule has 0 atom stereocenters. The number of allylic oxidation sites excluding steroid dienone is 6. The summed E-state index contributed by atoms with van der Waals surface area (Å²) < 4.78 is 35.1. The van der Waals surface area contributed by atoms with Gasteiger partial charge in [-0.15, -0.1) is 0 Å². The highest BCUT2D eigenvalue weighted by Crippen LogP contribution is 2.47. The summed E-state index contributed by atoms with van der Waals surface area (Å²) in [6.07, 6.45) is 13.6. The molecule has 0 spiro atoms. The summed E-state index contributed by atoms with van der Waals surface area (Å²) in [6.45, 7) is 5.97. The quantitative estimate of drug-likeness (QED) is 0.144. The first kappa shape index (κ1) is 32.4. The van der Waals surface area contributed by atoms with Crippen molar-refractivity contribution in [3.63, 3.8) is 0 Å². The minimum absolute atomic E-state index is 0.0590. The maximum atomic E-state index is 12.3. The third-order valence-corrected chi connectivity index (χ3v) is 11.4. The van der Waals surface area contributed by atoms with Gasteiger partial charge in [-0.3, -0.25) is 19.0 Å². The Morgan fingerprint density at radius 1 is 0.978 bits per heavy atom. The molecule has 1 aliphatic carbocycles. The highest BCUT2D eigenvalue weighted by molar-refractivity contribution is 8.03. The average molecular weight is 677 g/mol. The van der Waals surface area contributed by atoms with Gasteiger partial charge in [-0.1, -0.05) is 79.4 Å². The third-order valence-electron chi connectivity index (χ3n) is 8.35. The monoisotopic (exact) mass is 676 g/mol. The molecule has 0 bridgehead atoms. The van der Waals surface area contributed by atoms with Gasteiger partial charge in [0.1, 0.15) is 4.70 Å². The van der Waals surface area contributed by atoms with Crippen molar-refractivity contribution in [1.82, 2.24) is 4.90 Å². The molecule has 46 heavy (non-hydrogen) atoms. The van der Waals surface area contributed by atoms with Gasteiger partial charge < -0.3 is 4.90 Å². The number of likely N-dealkylation sites (tertiary alicyclic amines) is 1. The number of anilines is 1. The van der Waals surface area contributed by atoms with Crippen LogP contribution in [0.3, 0.4) is 0 Å². The fourth-order valence-corrected chi connectivity index (χ4v) is 9.16. The highest BCUT2D eigenvalue weighted by Gasteiger charge is 2.32. The molecule has 3 aliphatic rings. The number of hydrogen-bond donors (Lipinski definition) is 1. The van der Waals surface area contributed by atoms with Gasteiger partial charge in [-0.2, -0.15) is 13.0 Å². The van der Waals surface area contributed by atoms with Crippen LogP contribution < -0.4 is 9.47 Å². The van der Waals surface area contributed by atoms with Crippen molar-refractivity contribution < 1.29 is 27.1 Å². The second-order valence-corrected chi connectivity index (χ2v) is 16.4. The zero-order chi connectivity index (χ0) is 32.5. The Labute approximate surface area is 278 Å². The van der Waals surface area contributed by atoms with Gasteiger partial charge in [0.25, 0.3) is 15.1 Å². The van der Waals surface area contributed by atoms with Crippen LogP contribution in [-0.4, -0.2) is 48.5 Å². The summed E-state index contributed by atoms with van der Waals surface area (Å²) in [7, 11) is -4.01. The van der Waals surface area contributed by atoms with Crippen LogP contribution in [0.1, 0.15) is 51.0 Å². The number of aryl methyl sites for hydroxylation is 1. The van der Waals surface area contributed by atoms with Crippen molar-refractivity contribution in [2.24, 2.45) is 5.41 Å². The van der Waals surface area contributed by atoms with Gasteiger partial charge in [-0.05, 0) is 53.7 Å². The lowest BCUT2D eigenvalue weighted by atomic mass is 9.75. The van der Waals surface area contributed by atoms with E-state index in [1.807, 2.05) is 30.3 Å². The number of benzene rings is 2. The molecule has 240 valence electrons. The van der Waals surface area contributed by atoms with E-state index in [1.54, 1.807) is 23.1 Å². The molecule has 1 fully saturated rings. The Morgan fingerprint density at radius 2 is 1.70 bits per heavy atom. The number of rotatable bonds is 10. The Morgan fingerprint density at radius 3 is 2.48 bits per heavy atom. The molecule has 2 aromatic carbocycles. The summed E-state index contributed by atoms with van der Waals surface area (Å²) >= 11 is 3.37. The van der Waals surface area contributed by atoms with E-state index in [1.165, 1.54) is 16.0 Å². The fourth-order valence-electron chi connectivity index (χ4n) is 6.40. The molecule has 2 amide bonds. The van der Waals surface area contributed by atoms with E-state index in [2.05, 4.69) is 71.9 Å². The number of carbonyl (C=O) groups excluding carboxylic acids is 2. The Kier molecular flexibility index (Phi) is 9.38. The van der Waals surface area contributed by atoms with E-state index in [0.717, 1.165) is 43.7 Å². The lowest BCUT2D eigenvalue weighted by Gasteiger charge is -2.31. The number of imide groups is 1. The number of carbonyl (C=O) groups is 2. The summed E-state index contributed by atoms with van der Waals surface area (Å²) in [6, 6.07) is 16.3. The molecule has 3 aromatic rings. The average Bonchev–Trinajstić information content (AvgIpc) is 3.62. The molecule has 1 N–H and O–H groups in total. The third kappa shape index (κ3) is 7.54. The SMILES string of the molecule is CC1(C)CC(/C=C2\Sc3ccccc3N2CCN2C(=O)CCC2=O)=CC(=C/C=C/c2sc3ccccc3[n+]2CCCS(=O)(=O)O)/C1. The van der Waals surface area contributed by atoms with Crippen molar-refractivity contribution in [3.8, 4) is 0 Å². The molecule has 0 unspecified atom stereocenters. The summed E-state index contributed by atoms with van der Waals surface area (Å²) in [5.41, 5.74) is 4.65. The normalized spacial score (nSPS) is 20.1. The summed E-state index contributed by atoms with van der Waals surface area (Å²) in [4.78, 5) is 29.3. The van der Waals surface area contributed by atoms with Crippen LogP contribution >= 0.6 is 23.1 Å². The second kappa shape index (κ2) is 13.3. The maximum Gasteiger partial charge on any atom is 0.265 e. The molecule has 3 heterocycles. The van der Waals surface area contributed by atoms with Gasteiger partial charge >= 0.3 is 0 Å². The predicted octanol–water partition coefficient (Wildman–Crippen LogP) is 6.76. The molecule has 11 heteroatoms. The molecule has 1 aromatic heterocycles. The molecule has 8 nitrogen and oxygen atoms in total. The van der Waals surface area contributed by atoms with Crippen molar-refractivity contribution in [2.45, 2.75) is 57.4 Å². The van der Waals surface area contributed by atoms with E-state index in [9.17, 15) is 22.6 Å². The van der Waals surface area contributed by atoms with Gasteiger partial charge in [-0.25, -0.2) is 0 Å². The molecule has 2 aliphatic heterocycles. The zero-order valence-electron chi connectivity index (χ0n) is 26.0. The van der Waals surface area contributed by atoms with Crippen molar-refractivity contribution >= 4 is 67.0 Å². The van der Waals surface area contributed by atoms with Gasteiger partial charge in [0.15, 0.2) is 6.54 Å². The zero-order valence-corrected chi connectivity index (χ0v) is 28.5. The van der Waals surface area contributed by atoms with Gasteiger partial charge in [0.2, 0.25) is 17.3 Å². The van der Waals surface area contributed by atoms with Crippen molar-refractivity contribution in [2.75, 3.05) is 23.7 Å². The summed E-state index contributed by atoms with van der Waals surface area (Å²) in [5.74, 6) is -0.450. The minimum atomic E-state index is -4.01. The lowest BCUT2D eigenvalue weighted by molar-refractivity contribution is -0.668. The molecular formula is C35H38N3O5S3+. The van der Waals surface area contributed by atoms with Crippen LogP contribution in [-0.2, 0) is 26.3 Å². The van der Waals surface area contributed by atoms with E-state index in [0.29, 0.717) is 38.9 Å². The topological polar surface area (TPSA) is 98.9 Å². The number of thioether (sulfide) groups is 1. The Balaban J connectivity index is 1.25. The number of fused-ring (bicyclic) bond motifs is 2. The number of aromatic nitrogens is 1. The fraction of sp³-hybridized carbons (Fsp3) is 0.343. The number of thiazole rings is 1. The highest BCUT2D eigenvalue weighted by atomic mass is 32.2. The van der Waals surface area contributed by atoms with Crippen LogP contribution in [0, 0.1) is 5.41 Å². The van der Waals surface area contributed by atoms with Crippen molar-refractivity contribution in [3.05, 3.63) is 94.0 Å². The van der Waals surface area contributed by atoms with Crippen LogP contribution in [0.5, 0.6) is 0 Å². The van der Waals surface area contributed by atoms with Crippen LogP contribution in [0.2, 0.25) is 0 Å². The number of para-hydroxylation sites is 2. The second-order valence-electron chi connectivity index (χ2n) is 12.7. The van der Waals surface area contributed by atoms with Crippen LogP contribution in [0.15, 0.2) is 93.9 Å². The minimum Gasteiger partial charge on any atom is -0.333 e. The molecule has 1 saturated heterocycles. The van der Waals surface area contributed by atoms with E-state index in [4.69, 9.17) is 0 Å². The molecule has 0 radical (unpaired) electrons. The molecule has 0 saturated carbocycles. The number of hydrogen-bond acceptors (Lipinski definition) is 7. The standard InChI is InChI=1S/C35H37N3O5S3/c1-35(2)23-25(9-7-14-33-36(17-8-20-46(41,42)43)27-10-3-5-12-29(27)44-33)21-26(24-35)22-34-37(28-11-4-6-13-30(28)45-34)18-19-38-31(39)15-16-32(38)40/h3-7,9-14,21-22H,8,15-20,23-24H2,1-2H3/p+1. The van der Waals surface area contributed by atoms with Crippen LogP contribution in [0.4, 0.5) is 5.69 Å².